The van der Waals surface area contributed by atoms with E-state index in [2.05, 4.69) is 25.2 Å². The molecule has 74 valence electrons. The first-order valence-corrected chi connectivity index (χ1v) is 5.50. The molecule has 0 radical (unpaired) electrons. The second-order valence-electron chi connectivity index (χ2n) is 3.54. The summed E-state index contributed by atoms with van der Waals surface area (Å²) in [5, 5.41) is 15.6. The van der Waals surface area contributed by atoms with E-state index in [0.29, 0.717) is 11.8 Å². The lowest BCUT2D eigenvalue weighted by atomic mass is 9.97. The van der Waals surface area contributed by atoms with E-state index in [-0.39, 0.29) is 6.61 Å². The third kappa shape index (κ3) is 3.36. The second-order valence-corrected chi connectivity index (χ2v) is 4.49. The molecule has 3 heteroatoms. The molecule has 1 rings (SSSR count). The highest BCUT2D eigenvalue weighted by Crippen LogP contribution is 2.17. The Kier molecular flexibility index (Phi) is 4.25. The van der Waals surface area contributed by atoms with Crippen LogP contribution in [-0.4, -0.2) is 18.3 Å². The molecule has 0 bridgehead atoms. The summed E-state index contributed by atoms with van der Waals surface area (Å²) in [6.45, 7) is 5.39. The molecule has 1 heterocycles. The first-order chi connectivity index (χ1) is 6.24. The van der Waals surface area contributed by atoms with Crippen molar-refractivity contribution in [2.75, 3.05) is 18.5 Å². The summed E-state index contributed by atoms with van der Waals surface area (Å²) in [7, 11) is 0. The molecule has 0 aliphatic carbocycles. The van der Waals surface area contributed by atoms with Gasteiger partial charge in [0.05, 0.1) is 5.00 Å². The molecule has 2 nitrogen and oxygen atoms in total. The highest BCUT2D eigenvalue weighted by Gasteiger charge is 2.11. The summed E-state index contributed by atoms with van der Waals surface area (Å²) in [6.07, 6.45) is 0. The topological polar surface area (TPSA) is 32.3 Å². The van der Waals surface area contributed by atoms with Crippen molar-refractivity contribution in [3.63, 3.8) is 0 Å². The average molecular weight is 199 g/mol. The Bertz CT molecular complexity index is 221. The zero-order valence-corrected chi connectivity index (χ0v) is 8.97. The van der Waals surface area contributed by atoms with E-state index in [4.69, 9.17) is 5.11 Å². The van der Waals surface area contributed by atoms with Gasteiger partial charge in [0.1, 0.15) is 0 Å². The van der Waals surface area contributed by atoms with Gasteiger partial charge in [0.2, 0.25) is 0 Å². The molecule has 0 saturated heterocycles. The normalized spacial score (nSPS) is 13.2. The van der Waals surface area contributed by atoms with Gasteiger partial charge < -0.3 is 10.4 Å². The van der Waals surface area contributed by atoms with Crippen LogP contribution in [0.1, 0.15) is 13.8 Å². The largest absolute Gasteiger partial charge is 0.396 e. The first kappa shape index (κ1) is 10.5. The van der Waals surface area contributed by atoms with Crippen molar-refractivity contribution in [1.82, 2.24) is 0 Å². The second kappa shape index (κ2) is 5.25. The van der Waals surface area contributed by atoms with Crippen LogP contribution in [0, 0.1) is 11.8 Å². The third-order valence-corrected chi connectivity index (χ3v) is 3.06. The molecule has 1 aromatic heterocycles. The maximum absolute atomic E-state index is 9.09. The van der Waals surface area contributed by atoms with Crippen molar-refractivity contribution in [3.05, 3.63) is 17.5 Å². The summed E-state index contributed by atoms with van der Waals surface area (Å²) < 4.78 is 0. The van der Waals surface area contributed by atoms with Crippen molar-refractivity contribution in [2.45, 2.75) is 13.8 Å². The molecule has 0 aliphatic rings. The molecule has 1 atom stereocenters. The van der Waals surface area contributed by atoms with Gasteiger partial charge in [0.25, 0.3) is 0 Å². The highest BCUT2D eigenvalue weighted by atomic mass is 32.1. The quantitative estimate of drug-likeness (QED) is 0.763. The van der Waals surface area contributed by atoms with Crippen LogP contribution in [0.25, 0.3) is 0 Å². The Balaban J connectivity index is 2.32. The molecular weight excluding hydrogens is 182 g/mol. The minimum absolute atomic E-state index is 0.260. The molecule has 0 spiro atoms. The lowest BCUT2D eigenvalue weighted by Gasteiger charge is -2.18. The summed E-state index contributed by atoms with van der Waals surface area (Å²) >= 11 is 1.69. The number of nitrogens with one attached hydrogen (secondary N) is 1. The highest BCUT2D eigenvalue weighted by molar-refractivity contribution is 7.14. The van der Waals surface area contributed by atoms with Gasteiger partial charge in [0.15, 0.2) is 0 Å². The smallest absolute Gasteiger partial charge is 0.0882 e. The van der Waals surface area contributed by atoms with Gasteiger partial charge in [-0.3, -0.25) is 0 Å². The van der Waals surface area contributed by atoms with Crippen molar-refractivity contribution in [3.8, 4) is 0 Å². The van der Waals surface area contributed by atoms with Crippen LogP contribution in [0.5, 0.6) is 0 Å². The van der Waals surface area contributed by atoms with E-state index in [1.165, 1.54) is 5.00 Å². The van der Waals surface area contributed by atoms with E-state index in [1.54, 1.807) is 11.3 Å². The van der Waals surface area contributed by atoms with Crippen LogP contribution in [0.2, 0.25) is 0 Å². The number of aliphatic hydroxyl groups is 1. The molecule has 0 fully saturated rings. The van der Waals surface area contributed by atoms with Gasteiger partial charge in [0, 0.05) is 19.1 Å². The lowest BCUT2D eigenvalue weighted by molar-refractivity contribution is 0.198. The molecular formula is C10H17NOS. The number of hydrogen-bond acceptors (Lipinski definition) is 3. The average Bonchev–Trinajstić information content (AvgIpc) is 2.57. The molecule has 2 N–H and O–H groups in total. The Morgan fingerprint density at radius 3 is 2.77 bits per heavy atom. The van der Waals surface area contributed by atoms with E-state index < -0.39 is 0 Å². The predicted octanol–water partition coefficient (Wildman–Crippen LogP) is 2.42. The zero-order chi connectivity index (χ0) is 9.68. The summed E-state index contributed by atoms with van der Waals surface area (Å²) in [5.41, 5.74) is 0. The van der Waals surface area contributed by atoms with Crippen LogP contribution < -0.4 is 5.32 Å². The molecule has 1 aromatic rings. The van der Waals surface area contributed by atoms with Gasteiger partial charge in [-0.25, -0.2) is 0 Å². The summed E-state index contributed by atoms with van der Waals surface area (Å²) in [5.74, 6) is 0.875. The van der Waals surface area contributed by atoms with E-state index in [0.717, 1.165) is 6.54 Å². The number of rotatable bonds is 5. The van der Waals surface area contributed by atoms with Gasteiger partial charge >= 0.3 is 0 Å². The number of anilines is 1. The third-order valence-electron chi connectivity index (χ3n) is 2.24. The standard InChI is InChI=1S/C10H17NOS/c1-8(2)9(7-12)6-11-10-4-3-5-13-10/h3-5,8-9,11-12H,6-7H2,1-2H3. The van der Waals surface area contributed by atoms with Crippen molar-refractivity contribution >= 4 is 16.3 Å². The molecule has 0 saturated carbocycles. The SMILES string of the molecule is CC(C)C(CO)CNc1cccs1. The minimum Gasteiger partial charge on any atom is -0.396 e. The summed E-state index contributed by atoms with van der Waals surface area (Å²) in [6, 6.07) is 4.08. The number of aliphatic hydroxyl groups excluding tert-OH is 1. The molecule has 1 unspecified atom stereocenters. The van der Waals surface area contributed by atoms with Crippen molar-refractivity contribution < 1.29 is 5.11 Å². The molecule has 13 heavy (non-hydrogen) atoms. The van der Waals surface area contributed by atoms with Gasteiger partial charge in [-0.15, -0.1) is 11.3 Å². The predicted molar refractivity (Wildman–Crippen MR) is 58.2 cm³/mol. The van der Waals surface area contributed by atoms with E-state index >= 15 is 0 Å². The maximum Gasteiger partial charge on any atom is 0.0882 e. The van der Waals surface area contributed by atoms with Gasteiger partial charge in [-0.1, -0.05) is 13.8 Å². The maximum atomic E-state index is 9.09. The van der Waals surface area contributed by atoms with Crippen molar-refractivity contribution in [1.29, 1.82) is 0 Å². The van der Waals surface area contributed by atoms with E-state index in [1.807, 2.05) is 11.4 Å². The summed E-state index contributed by atoms with van der Waals surface area (Å²) in [4.78, 5) is 0. The molecule has 0 amide bonds. The first-order valence-electron chi connectivity index (χ1n) is 4.62. The zero-order valence-electron chi connectivity index (χ0n) is 8.16. The van der Waals surface area contributed by atoms with Gasteiger partial charge in [-0.05, 0) is 23.4 Å². The van der Waals surface area contributed by atoms with Crippen molar-refractivity contribution in [2.24, 2.45) is 11.8 Å². The fourth-order valence-electron chi connectivity index (χ4n) is 1.12. The lowest BCUT2D eigenvalue weighted by Crippen LogP contribution is -2.22. The van der Waals surface area contributed by atoms with Crippen LogP contribution in [0.3, 0.4) is 0 Å². The Hall–Kier alpha value is -0.540. The Morgan fingerprint density at radius 1 is 1.54 bits per heavy atom. The molecule has 0 aliphatic heterocycles. The molecule has 0 aromatic carbocycles. The van der Waals surface area contributed by atoms with Crippen LogP contribution in [-0.2, 0) is 0 Å². The Labute approximate surface area is 83.6 Å². The van der Waals surface area contributed by atoms with Crippen LogP contribution in [0.15, 0.2) is 17.5 Å². The van der Waals surface area contributed by atoms with Crippen LogP contribution >= 0.6 is 11.3 Å². The number of thiophene rings is 1. The van der Waals surface area contributed by atoms with E-state index in [9.17, 15) is 0 Å². The fraction of sp³-hybridized carbons (Fsp3) is 0.600. The minimum atomic E-state index is 0.260. The monoisotopic (exact) mass is 199 g/mol. The van der Waals surface area contributed by atoms with Crippen LogP contribution in [0.4, 0.5) is 5.00 Å². The number of hydrogen-bond donors (Lipinski definition) is 2. The van der Waals surface area contributed by atoms with Gasteiger partial charge in [-0.2, -0.15) is 0 Å². The Morgan fingerprint density at radius 2 is 2.31 bits per heavy atom. The fourth-order valence-corrected chi connectivity index (χ4v) is 1.75.